The number of aromatic nitrogens is 3. The lowest BCUT2D eigenvalue weighted by atomic mass is 10.1. The zero-order valence-corrected chi connectivity index (χ0v) is 19.3. The molecule has 2 heterocycles. The van der Waals surface area contributed by atoms with Gasteiger partial charge in [0.25, 0.3) is 5.91 Å². The van der Waals surface area contributed by atoms with Crippen LogP contribution in [0, 0.1) is 5.92 Å². The third-order valence-electron chi connectivity index (χ3n) is 5.01. The summed E-state index contributed by atoms with van der Waals surface area (Å²) in [7, 11) is 0. The number of nitrogens with two attached hydrogens (primary N) is 1. The maximum Gasteiger partial charge on any atom is 0.257 e. The summed E-state index contributed by atoms with van der Waals surface area (Å²) in [5, 5.41) is 17.5. The van der Waals surface area contributed by atoms with Crippen molar-refractivity contribution in [2.75, 3.05) is 12.3 Å². The van der Waals surface area contributed by atoms with Crippen molar-refractivity contribution >= 4 is 56.1 Å². The van der Waals surface area contributed by atoms with E-state index in [0.717, 1.165) is 10.9 Å². The zero-order chi connectivity index (χ0) is 22.8. The smallest absolute Gasteiger partial charge is 0.257 e. The number of rotatable bonds is 6. The van der Waals surface area contributed by atoms with Crippen molar-refractivity contribution < 1.29 is 9.90 Å². The highest BCUT2D eigenvalue weighted by Crippen LogP contribution is 2.28. The highest BCUT2D eigenvalue weighted by atomic mass is 79.9. The molecule has 2 aromatic heterocycles. The predicted molar refractivity (Wildman–Crippen MR) is 130 cm³/mol. The molecule has 0 atom stereocenters. The minimum atomic E-state index is -0.322. The summed E-state index contributed by atoms with van der Waals surface area (Å²) in [5.41, 5.74) is 9.15. The lowest BCUT2D eigenvalue weighted by molar-refractivity contribution is 0.0954. The molecule has 0 radical (unpaired) electrons. The van der Waals surface area contributed by atoms with Gasteiger partial charge in [0, 0.05) is 16.6 Å². The van der Waals surface area contributed by atoms with Crippen LogP contribution in [0.25, 0.3) is 22.2 Å². The molecule has 0 aliphatic carbocycles. The highest BCUT2D eigenvalue weighted by molar-refractivity contribution is 9.10. The molecule has 0 saturated carbocycles. The van der Waals surface area contributed by atoms with Crippen LogP contribution in [0.4, 0.5) is 5.82 Å². The molecule has 0 aliphatic rings. The third kappa shape index (κ3) is 4.29. The summed E-state index contributed by atoms with van der Waals surface area (Å²) < 4.78 is 2.17. The fraction of sp³-hybridized carbons (Fsp3) is 0.217. The first-order chi connectivity index (χ1) is 15.3. The van der Waals surface area contributed by atoms with Gasteiger partial charge in [0.05, 0.1) is 17.2 Å². The van der Waals surface area contributed by atoms with Crippen LogP contribution < -0.4 is 11.1 Å². The van der Waals surface area contributed by atoms with Gasteiger partial charge in [-0.15, -0.1) is 0 Å². The maximum atomic E-state index is 13.0. The van der Waals surface area contributed by atoms with Gasteiger partial charge in [0.15, 0.2) is 5.65 Å². The number of para-hydroxylation sites is 2. The Balaban J connectivity index is 1.85. The summed E-state index contributed by atoms with van der Waals surface area (Å²) in [4.78, 5) is 22.3. The van der Waals surface area contributed by atoms with Crippen molar-refractivity contribution in [1.82, 2.24) is 20.0 Å². The van der Waals surface area contributed by atoms with E-state index in [1.165, 1.54) is 10.9 Å². The molecule has 9 heteroatoms. The van der Waals surface area contributed by atoms with Crippen molar-refractivity contribution in [2.45, 2.75) is 20.3 Å². The molecule has 0 aliphatic heterocycles. The van der Waals surface area contributed by atoms with Gasteiger partial charge in [0.1, 0.15) is 22.6 Å². The number of anilines is 1. The number of phenolic OH excluding ortho intramolecular Hbond substituents is 1. The standard InChI is InChI=1S/C23H23BrN6O2/c1-13(2)9-10-26-23(32)19-20-22(29-17-6-4-3-5-16(17)28-20)30(21(19)25)27-12-14-11-15(24)7-8-18(14)31/h3-8,11-13,31H,9-10,25H2,1-2H3,(H,26,32)/b27-12+. The van der Waals surface area contributed by atoms with Crippen LogP contribution in [-0.4, -0.2) is 38.4 Å². The van der Waals surface area contributed by atoms with E-state index in [1.807, 2.05) is 24.3 Å². The second-order valence-electron chi connectivity index (χ2n) is 7.84. The summed E-state index contributed by atoms with van der Waals surface area (Å²) in [6.07, 6.45) is 2.31. The van der Waals surface area contributed by atoms with E-state index >= 15 is 0 Å². The quantitative estimate of drug-likeness (QED) is 0.345. The highest BCUT2D eigenvalue weighted by Gasteiger charge is 2.24. The number of hydrogen-bond donors (Lipinski definition) is 3. The third-order valence-corrected chi connectivity index (χ3v) is 5.50. The van der Waals surface area contributed by atoms with Gasteiger partial charge in [0.2, 0.25) is 0 Å². The van der Waals surface area contributed by atoms with Crippen LogP contribution in [0.2, 0.25) is 0 Å². The molecular weight excluding hydrogens is 472 g/mol. The Morgan fingerprint density at radius 2 is 1.97 bits per heavy atom. The normalized spacial score (nSPS) is 11.8. The Labute approximate surface area is 193 Å². The molecule has 8 nitrogen and oxygen atoms in total. The summed E-state index contributed by atoms with van der Waals surface area (Å²) in [6.45, 7) is 4.71. The van der Waals surface area contributed by atoms with Crippen LogP contribution in [0.3, 0.4) is 0 Å². The molecule has 0 spiro atoms. The number of hydrogen-bond acceptors (Lipinski definition) is 6. The van der Waals surface area contributed by atoms with E-state index in [9.17, 15) is 9.90 Å². The molecule has 0 unspecified atom stereocenters. The number of amides is 1. The Bertz CT molecular complexity index is 1350. The van der Waals surface area contributed by atoms with Crippen molar-refractivity contribution in [1.29, 1.82) is 0 Å². The number of carbonyl (C=O) groups is 1. The van der Waals surface area contributed by atoms with Crippen molar-refractivity contribution in [3.8, 4) is 5.75 Å². The molecule has 0 fully saturated rings. The fourth-order valence-corrected chi connectivity index (χ4v) is 3.68. The second kappa shape index (κ2) is 8.96. The molecule has 2 aromatic carbocycles. The molecule has 32 heavy (non-hydrogen) atoms. The largest absolute Gasteiger partial charge is 0.507 e. The zero-order valence-electron chi connectivity index (χ0n) is 17.7. The van der Waals surface area contributed by atoms with Crippen LogP contribution in [0.15, 0.2) is 52.0 Å². The summed E-state index contributed by atoms with van der Waals surface area (Å²) in [5.74, 6) is 0.329. The van der Waals surface area contributed by atoms with Crippen molar-refractivity contribution in [3.05, 3.63) is 58.1 Å². The van der Waals surface area contributed by atoms with Crippen LogP contribution in [-0.2, 0) is 0 Å². The molecule has 164 valence electrons. The second-order valence-corrected chi connectivity index (χ2v) is 8.76. The molecule has 0 saturated heterocycles. The lowest BCUT2D eigenvalue weighted by Crippen LogP contribution is -2.26. The molecular formula is C23H23BrN6O2. The maximum absolute atomic E-state index is 13.0. The number of phenols is 1. The summed E-state index contributed by atoms with van der Waals surface area (Å²) >= 11 is 3.38. The van der Waals surface area contributed by atoms with Gasteiger partial charge in [-0.1, -0.05) is 41.9 Å². The predicted octanol–water partition coefficient (Wildman–Crippen LogP) is 4.29. The SMILES string of the molecule is CC(C)CCNC(=O)c1c(N)n(/N=C/c2cc(Br)ccc2O)c2nc3ccccc3nc12. The van der Waals surface area contributed by atoms with Crippen LogP contribution >= 0.6 is 15.9 Å². The molecule has 1 amide bonds. The number of nitrogens with zero attached hydrogens (tertiary/aromatic N) is 4. The van der Waals surface area contributed by atoms with E-state index in [-0.39, 0.29) is 23.0 Å². The average Bonchev–Trinajstić information content (AvgIpc) is 3.02. The first-order valence-corrected chi connectivity index (χ1v) is 11.0. The van der Waals surface area contributed by atoms with Crippen molar-refractivity contribution in [3.63, 3.8) is 0 Å². The monoisotopic (exact) mass is 494 g/mol. The number of aromatic hydroxyl groups is 1. The topological polar surface area (TPSA) is 118 Å². The van der Waals surface area contributed by atoms with E-state index in [2.05, 4.69) is 50.2 Å². The number of nitrogens with one attached hydrogen (secondary N) is 1. The van der Waals surface area contributed by atoms with Gasteiger partial charge in [-0.05, 0) is 42.7 Å². The Morgan fingerprint density at radius 3 is 2.69 bits per heavy atom. The number of fused-ring (bicyclic) bond motifs is 2. The van der Waals surface area contributed by atoms with Crippen LogP contribution in [0.1, 0.15) is 36.2 Å². The van der Waals surface area contributed by atoms with Gasteiger partial charge < -0.3 is 16.2 Å². The summed E-state index contributed by atoms with van der Waals surface area (Å²) in [6, 6.07) is 12.4. The molecule has 0 bridgehead atoms. The number of benzene rings is 2. The molecule has 4 N–H and O–H groups in total. The van der Waals surface area contributed by atoms with E-state index < -0.39 is 0 Å². The average molecular weight is 495 g/mol. The first kappa shape index (κ1) is 21.8. The van der Waals surface area contributed by atoms with Crippen molar-refractivity contribution in [2.24, 2.45) is 11.0 Å². The molecule has 4 rings (SSSR count). The number of carbonyl (C=O) groups excluding carboxylic acids is 1. The van der Waals surface area contributed by atoms with Crippen LogP contribution in [0.5, 0.6) is 5.75 Å². The lowest BCUT2D eigenvalue weighted by Gasteiger charge is -2.07. The fourth-order valence-electron chi connectivity index (χ4n) is 3.30. The first-order valence-electron chi connectivity index (χ1n) is 10.2. The Kier molecular flexibility index (Phi) is 6.09. The van der Waals surface area contributed by atoms with E-state index in [1.54, 1.807) is 18.2 Å². The number of nitrogen functional groups attached to an aromatic ring is 1. The van der Waals surface area contributed by atoms with Gasteiger partial charge >= 0.3 is 0 Å². The Hall–Kier alpha value is -3.46. The molecule has 4 aromatic rings. The number of halogens is 1. The Morgan fingerprint density at radius 1 is 1.25 bits per heavy atom. The van der Waals surface area contributed by atoms with E-state index in [0.29, 0.717) is 40.2 Å². The van der Waals surface area contributed by atoms with Gasteiger partial charge in [-0.3, -0.25) is 4.79 Å². The minimum Gasteiger partial charge on any atom is -0.507 e. The van der Waals surface area contributed by atoms with Gasteiger partial charge in [-0.2, -0.15) is 9.78 Å². The van der Waals surface area contributed by atoms with E-state index in [4.69, 9.17) is 5.73 Å². The minimum absolute atomic E-state index is 0.0650. The van der Waals surface area contributed by atoms with Gasteiger partial charge in [-0.25, -0.2) is 9.97 Å².